The Labute approximate surface area is 152 Å². The van der Waals surface area contributed by atoms with Crippen molar-refractivity contribution in [3.05, 3.63) is 95.1 Å². The number of ether oxygens (including phenoxy) is 1. The molecule has 0 N–H and O–H groups in total. The van der Waals surface area contributed by atoms with Crippen LogP contribution in [0, 0.1) is 18.3 Å². The maximum Gasteiger partial charge on any atom is 0.343 e. The van der Waals surface area contributed by atoms with Crippen molar-refractivity contribution in [2.24, 2.45) is 4.99 Å². The Morgan fingerprint density at radius 2 is 1.62 bits per heavy atom. The van der Waals surface area contributed by atoms with Crippen LogP contribution in [0.15, 0.2) is 77.8 Å². The number of carbonyl (C=O) groups excluding carboxylic acids is 1. The minimum absolute atomic E-state index is 0.406. The molecular formula is C22H16N2O2. The quantitative estimate of drug-likeness (QED) is 0.388. The van der Waals surface area contributed by atoms with Crippen molar-refractivity contribution in [3.63, 3.8) is 0 Å². The molecule has 0 aromatic heterocycles. The van der Waals surface area contributed by atoms with Gasteiger partial charge in [0.25, 0.3) is 0 Å². The Morgan fingerprint density at radius 3 is 2.23 bits per heavy atom. The lowest BCUT2D eigenvalue weighted by Crippen LogP contribution is -2.07. The number of aryl methyl sites for hydroxylation is 1. The van der Waals surface area contributed by atoms with Crippen LogP contribution < -0.4 is 4.74 Å². The zero-order valence-corrected chi connectivity index (χ0v) is 14.2. The summed E-state index contributed by atoms with van der Waals surface area (Å²) in [5.74, 6) is 0.111. The van der Waals surface area contributed by atoms with E-state index in [1.807, 2.05) is 31.2 Å². The van der Waals surface area contributed by atoms with E-state index in [0.717, 1.165) is 16.8 Å². The van der Waals surface area contributed by atoms with Gasteiger partial charge in [0, 0.05) is 6.21 Å². The smallest absolute Gasteiger partial charge is 0.343 e. The third-order valence-electron chi connectivity index (χ3n) is 3.74. The van der Waals surface area contributed by atoms with Gasteiger partial charge in [-0.25, -0.2) is 4.79 Å². The van der Waals surface area contributed by atoms with E-state index in [2.05, 4.69) is 11.1 Å². The minimum Gasteiger partial charge on any atom is -0.423 e. The van der Waals surface area contributed by atoms with Crippen LogP contribution in [0.2, 0.25) is 0 Å². The molecule has 0 aliphatic carbocycles. The Balaban J connectivity index is 1.65. The van der Waals surface area contributed by atoms with E-state index < -0.39 is 5.97 Å². The highest BCUT2D eigenvalue weighted by molar-refractivity contribution is 5.91. The molecule has 0 saturated carbocycles. The fraction of sp³-hybridized carbons (Fsp3) is 0.0455. The second-order valence-corrected chi connectivity index (χ2v) is 5.74. The molecule has 26 heavy (non-hydrogen) atoms. The van der Waals surface area contributed by atoms with Crippen LogP contribution in [0.5, 0.6) is 5.75 Å². The molecule has 0 spiro atoms. The van der Waals surface area contributed by atoms with Crippen LogP contribution in [-0.4, -0.2) is 12.2 Å². The van der Waals surface area contributed by atoms with Crippen LogP contribution in [0.1, 0.15) is 27.0 Å². The van der Waals surface area contributed by atoms with Crippen LogP contribution in [0.4, 0.5) is 5.69 Å². The number of nitrogens with zero attached hydrogens (tertiary/aromatic N) is 2. The number of benzene rings is 3. The van der Waals surface area contributed by atoms with E-state index >= 15 is 0 Å². The first-order chi connectivity index (χ1) is 12.6. The van der Waals surface area contributed by atoms with Gasteiger partial charge in [-0.3, -0.25) is 4.99 Å². The molecule has 3 aromatic rings. The van der Waals surface area contributed by atoms with Gasteiger partial charge < -0.3 is 4.74 Å². The molecule has 0 atom stereocenters. The van der Waals surface area contributed by atoms with E-state index in [1.165, 1.54) is 0 Å². The molecule has 0 fully saturated rings. The van der Waals surface area contributed by atoms with Crippen molar-refractivity contribution < 1.29 is 9.53 Å². The molecule has 3 aromatic carbocycles. The fourth-order valence-corrected chi connectivity index (χ4v) is 2.25. The van der Waals surface area contributed by atoms with Gasteiger partial charge >= 0.3 is 5.97 Å². The highest BCUT2D eigenvalue weighted by Gasteiger charge is 2.08. The van der Waals surface area contributed by atoms with Gasteiger partial charge in [0.2, 0.25) is 0 Å². The summed E-state index contributed by atoms with van der Waals surface area (Å²) in [4.78, 5) is 16.5. The first kappa shape index (κ1) is 17.1. The molecule has 0 aliphatic heterocycles. The summed E-state index contributed by atoms with van der Waals surface area (Å²) in [5, 5.41) is 8.79. The van der Waals surface area contributed by atoms with E-state index in [-0.39, 0.29) is 0 Å². The van der Waals surface area contributed by atoms with Crippen molar-refractivity contribution >= 4 is 17.9 Å². The molecule has 0 bridgehead atoms. The Kier molecular flexibility index (Phi) is 5.21. The lowest BCUT2D eigenvalue weighted by atomic mass is 10.1. The number of nitriles is 1. The van der Waals surface area contributed by atoms with Gasteiger partial charge in [-0.1, -0.05) is 29.8 Å². The van der Waals surface area contributed by atoms with Crippen molar-refractivity contribution in [3.8, 4) is 11.8 Å². The largest absolute Gasteiger partial charge is 0.423 e. The molecule has 0 unspecified atom stereocenters. The molecule has 3 rings (SSSR count). The highest BCUT2D eigenvalue weighted by atomic mass is 16.5. The Morgan fingerprint density at radius 1 is 0.962 bits per heavy atom. The zero-order chi connectivity index (χ0) is 18.4. The summed E-state index contributed by atoms with van der Waals surface area (Å²) < 4.78 is 5.34. The number of hydrogen-bond donors (Lipinski definition) is 0. The minimum atomic E-state index is -0.406. The lowest BCUT2D eigenvalue weighted by Gasteiger charge is -2.05. The first-order valence-electron chi connectivity index (χ1n) is 8.07. The maximum atomic E-state index is 12.2. The molecule has 126 valence electrons. The third kappa shape index (κ3) is 4.43. The number of hydrogen-bond acceptors (Lipinski definition) is 4. The van der Waals surface area contributed by atoms with E-state index in [4.69, 9.17) is 10.00 Å². The van der Waals surface area contributed by atoms with Gasteiger partial charge in [-0.2, -0.15) is 5.26 Å². The standard InChI is InChI=1S/C22H16N2O2/c1-16-2-12-21(13-3-16)26-22(25)19-8-10-20(11-9-19)24-15-18-6-4-17(14-23)5-7-18/h2-13,15H,1H3. The van der Waals surface area contributed by atoms with Gasteiger partial charge in [0.05, 0.1) is 22.9 Å². The van der Waals surface area contributed by atoms with Gasteiger partial charge in [-0.15, -0.1) is 0 Å². The van der Waals surface area contributed by atoms with Gasteiger partial charge in [-0.05, 0) is 61.0 Å². The maximum absolute atomic E-state index is 12.2. The molecular weight excluding hydrogens is 324 g/mol. The third-order valence-corrected chi connectivity index (χ3v) is 3.74. The number of rotatable bonds is 4. The Hall–Kier alpha value is -3.71. The van der Waals surface area contributed by atoms with E-state index in [1.54, 1.807) is 54.7 Å². The lowest BCUT2D eigenvalue weighted by molar-refractivity contribution is 0.0735. The first-order valence-corrected chi connectivity index (χ1v) is 8.07. The van der Waals surface area contributed by atoms with Crippen molar-refractivity contribution in [2.75, 3.05) is 0 Å². The predicted molar refractivity (Wildman–Crippen MR) is 101 cm³/mol. The van der Waals surface area contributed by atoms with Gasteiger partial charge in [0.15, 0.2) is 0 Å². The summed E-state index contributed by atoms with van der Waals surface area (Å²) >= 11 is 0. The number of esters is 1. The average molecular weight is 340 g/mol. The van der Waals surface area contributed by atoms with Crippen molar-refractivity contribution in [1.82, 2.24) is 0 Å². The summed E-state index contributed by atoms with van der Waals surface area (Å²) in [6.45, 7) is 1.97. The predicted octanol–water partition coefficient (Wildman–Crippen LogP) is 4.84. The summed E-state index contributed by atoms with van der Waals surface area (Å²) in [7, 11) is 0. The number of aliphatic imine (C=N–C) groups is 1. The van der Waals surface area contributed by atoms with Crippen molar-refractivity contribution in [2.45, 2.75) is 6.92 Å². The zero-order valence-electron chi connectivity index (χ0n) is 14.2. The van der Waals surface area contributed by atoms with Crippen molar-refractivity contribution in [1.29, 1.82) is 5.26 Å². The van der Waals surface area contributed by atoms with Crippen LogP contribution in [0.3, 0.4) is 0 Å². The van der Waals surface area contributed by atoms with Gasteiger partial charge in [0.1, 0.15) is 5.75 Å². The molecule has 4 heteroatoms. The summed E-state index contributed by atoms with van der Waals surface area (Å²) in [6, 6.07) is 23.4. The monoisotopic (exact) mass is 340 g/mol. The molecule has 4 nitrogen and oxygen atoms in total. The molecule has 0 saturated heterocycles. The Bertz CT molecular complexity index is 965. The second-order valence-electron chi connectivity index (χ2n) is 5.74. The average Bonchev–Trinajstić information content (AvgIpc) is 2.69. The van der Waals surface area contributed by atoms with E-state index in [9.17, 15) is 4.79 Å². The highest BCUT2D eigenvalue weighted by Crippen LogP contribution is 2.17. The van der Waals surface area contributed by atoms with Crippen LogP contribution in [0.25, 0.3) is 0 Å². The van der Waals surface area contributed by atoms with Crippen LogP contribution >= 0.6 is 0 Å². The SMILES string of the molecule is Cc1ccc(OC(=O)c2ccc(N=Cc3ccc(C#N)cc3)cc2)cc1. The topological polar surface area (TPSA) is 62.4 Å². The molecule has 0 aliphatic rings. The molecule has 0 heterocycles. The normalized spacial score (nSPS) is 10.5. The summed E-state index contributed by atoms with van der Waals surface area (Å²) in [6.07, 6.45) is 1.71. The van der Waals surface area contributed by atoms with Crippen LogP contribution in [-0.2, 0) is 0 Å². The second kappa shape index (κ2) is 7.91. The summed E-state index contributed by atoms with van der Waals surface area (Å²) in [5.41, 5.74) is 3.80. The molecule has 0 radical (unpaired) electrons. The molecule has 0 amide bonds. The fourth-order valence-electron chi connectivity index (χ4n) is 2.25. The van der Waals surface area contributed by atoms with E-state index in [0.29, 0.717) is 16.9 Å². The number of carbonyl (C=O) groups is 1.